The zero-order chi connectivity index (χ0) is 9.68. The molecular weight excluding hydrogens is 168 g/mol. The average Bonchev–Trinajstić information content (AvgIpc) is 2.39. The Hall–Kier alpha value is -1.13. The highest BCUT2D eigenvalue weighted by Gasteiger charge is 2.06. The highest BCUT2D eigenvalue weighted by molar-refractivity contribution is 4.62. The van der Waals surface area contributed by atoms with Gasteiger partial charge in [0.1, 0.15) is 7.05 Å². The summed E-state index contributed by atoms with van der Waals surface area (Å²) in [5, 5.41) is 18.6. The van der Waals surface area contributed by atoms with Crippen LogP contribution in [0, 0.1) is 0 Å². The van der Waals surface area contributed by atoms with Crippen molar-refractivity contribution in [3.8, 4) is 6.01 Å². The van der Waals surface area contributed by atoms with E-state index in [1.165, 1.54) is 22.3 Å². The van der Waals surface area contributed by atoms with Crippen molar-refractivity contribution < 1.29 is 9.79 Å². The van der Waals surface area contributed by atoms with Gasteiger partial charge >= 0.3 is 0 Å². The lowest BCUT2D eigenvalue weighted by molar-refractivity contribution is -0.787. The first-order valence-corrected chi connectivity index (χ1v) is 4.72. The van der Waals surface area contributed by atoms with Gasteiger partial charge in [0.15, 0.2) is 0 Å². The number of tetrazole rings is 1. The van der Waals surface area contributed by atoms with Crippen LogP contribution < -0.4 is 9.79 Å². The predicted octanol–water partition coefficient (Wildman–Crippen LogP) is -0.244. The molecule has 1 rings (SSSR count). The highest BCUT2D eigenvalue weighted by Crippen LogP contribution is 1.98. The van der Waals surface area contributed by atoms with Crippen molar-refractivity contribution >= 4 is 0 Å². The molecule has 0 amide bonds. The van der Waals surface area contributed by atoms with Crippen molar-refractivity contribution in [2.75, 3.05) is 0 Å². The van der Waals surface area contributed by atoms with E-state index in [4.69, 9.17) is 0 Å². The van der Waals surface area contributed by atoms with Crippen molar-refractivity contribution in [1.29, 1.82) is 0 Å². The molecule has 0 spiro atoms. The number of hydrogen-bond donors (Lipinski definition) is 0. The van der Waals surface area contributed by atoms with Crippen molar-refractivity contribution in [3.63, 3.8) is 0 Å². The summed E-state index contributed by atoms with van der Waals surface area (Å²) >= 11 is 0. The maximum absolute atomic E-state index is 11.1. The molecule has 0 aliphatic carbocycles. The molecule has 0 radical (unpaired) electrons. The molecule has 1 aromatic rings. The maximum atomic E-state index is 11.1. The summed E-state index contributed by atoms with van der Waals surface area (Å²) in [5.41, 5.74) is 0. The number of hydrogen-bond acceptors (Lipinski definition) is 3. The number of nitrogens with zero attached hydrogens (tertiary/aromatic N) is 4. The normalized spacial score (nSPS) is 10.6. The van der Waals surface area contributed by atoms with Crippen LogP contribution in [0.25, 0.3) is 0 Å². The van der Waals surface area contributed by atoms with E-state index in [2.05, 4.69) is 17.2 Å². The van der Waals surface area contributed by atoms with Crippen molar-refractivity contribution in [3.05, 3.63) is 0 Å². The molecule has 1 aromatic heterocycles. The fourth-order valence-corrected chi connectivity index (χ4v) is 1.22. The van der Waals surface area contributed by atoms with Crippen LogP contribution in [0.1, 0.15) is 32.6 Å². The molecule has 1 heterocycles. The van der Waals surface area contributed by atoms with Gasteiger partial charge in [0.05, 0.1) is 16.9 Å². The van der Waals surface area contributed by atoms with Crippen LogP contribution in [0.5, 0.6) is 6.01 Å². The summed E-state index contributed by atoms with van der Waals surface area (Å²) in [6, 6.07) is -0.251. The van der Waals surface area contributed by atoms with Gasteiger partial charge in [-0.1, -0.05) is 26.2 Å². The van der Waals surface area contributed by atoms with Crippen molar-refractivity contribution in [2.45, 2.75) is 39.2 Å². The van der Waals surface area contributed by atoms with Crippen LogP contribution in [0.3, 0.4) is 0 Å². The zero-order valence-corrected chi connectivity index (χ0v) is 8.23. The molecule has 0 fully saturated rings. The number of rotatable bonds is 5. The van der Waals surface area contributed by atoms with Gasteiger partial charge in [0.25, 0.3) is 6.01 Å². The molecule has 0 atom stereocenters. The molecule has 0 aliphatic heterocycles. The van der Waals surface area contributed by atoms with Crippen LogP contribution in [0.2, 0.25) is 0 Å². The molecule has 0 aromatic carbocycles. The Labute approximate surface area is 78.0 Å². The summed E-state index contributed by atoms with van der Waals surface area (Å²) in [6.07, 6.45) is 4.58. The summed E-state index contributed by atoms with van der Waals surface area (Å²) in [4.78, 5) is 1.31. The topological polar surface area (TPSA) is 57.7 Å². The fraction of sp³-hybridized carbons (Fsp3) is 0.875. The van der Waals surface area contributed by atoms with E-state index in [1.807, 2.05) is 0 Å². The van der Waals surface area contributed by atoms with E-state index >= 15 is 0 Å². The van der Waals surface area contributed by atoms with Gasteiger partial charge < -0.3 is 5.11 Å². The Bertz CT molecular complexity index is 259. The van der Waals surface area contributed by atoms with Gasteiger partial charge in [-0.15, -0.1) is 4.68 Å². The number of aromatic nitrogens is 4. The SMILES string of the molecule is CCCCCC[n+]1nn(C)nc1[O-]. The van der Waals surface area contributed by atoms with E-state index < -0.39 is 0 Å². The molecule has 0 N–H and O–H groups in total. The van der Waals surface area contributed by atoms with E-state index in [0.29, 0.717) is 6.54 Å². The fourth-order valence-electron chi connectivity index (χ4n) is 1.22. The molecule has 0 aliphatic rings. The van der Waals surface area contributed by atoms with Crippen LogP contribution in [-0.2, 0) is 13.6 Å². The second kappa shape index (κ2) is 4.79. The van der Waals surface area contributed by atoms with E-state index in [0.717, 1.165) is 12.8 Å². The van der Waals surface area contributed by atoms with E-state index in [9.17, 15) is 5.11 Å². The lowest BCUT2D eigenvalue weighted by Gasteiger charge is -1.98. The van der Waals surface area contributed by atoms with Gasteiger partial charge in [-0.3, -0.25) is 0 Å². The van der Waals surface area contributed by atoms with Gasteiger partial charge in [-0.05, 0) is 11.2 Å². The lowest BCUT2D eigenvalue weighted by atomic mass is 10.2. The third-order valence-electron chi connectivity index (χ3n) is 1.91. The maximum Gasteiger partial charge on any atom is 0.266 e. The van der Waals surface area contributed by atoms with Gasteiger partial charge in [0, 0.05) is 0 Å². The van der Waals surface area contributed by atoms with Gasteiger partial charge in [0.2, 0.25) is 0 Å². The molecular formula is C8H16N4O. The summed E-state index contributed by atoms with van der Waals surface area (Å²) in [5.74, 6) is 0. The molecule has 5 nitrogen and oxygen atoms in total. The van der Waals surface area contributed by atoms with Crippen LogP contribution in [0.4, 0.5) is 0 Å². The smallest absolute Gasteiger partial charge is 0.266 e. The van der Waals surface area contributed by atoms with Crippen LogP contribution >= 0.6 is 0 Å². The molecule has 5 heteroatoms. The Morgan fingerprint density at radius 3 is 2.69 bits per heavy atom. The minimum Gasteiger partial charge on any atom is -0.816 e. The zero-order valence-electron chi connectivity index (χ0n) is 8.23. The minimum absolute atomic E-state index is 0.251. The summed E-state index contributed by atoms with van der Waals surface area (Å²) < 4.78 is 1.41. The third-order valence-corrected chi connectivity index (χ3v) is 1.91. The summed E-state index contributed by atoms with van der Waals surface area (Å²) in [6.45, 7) is 2.85. The largest absolute Gasteiger partial charge is 0.816 e. The Morgan fingerprint density at radius 1 is 1.38 bits per heavy atom. The first-order valence-electron chi connectivity index (χ1n) is 4.72. The monoisotopic (exact) mass is 184 g/mol. The summed E-state index contributed by atoms with van der Waals surface area (Å²) in [7, 11) is 1.66. The molecule has 13 heavy (non-hydrogen) atoms. The quantitative estimate of drug-likeness (QED) is 0.468. The Balaban J connectivity index is 2.32. The van der Waals surface area contributed by atoms with Crippen LogP contribution in [-0.4, -0.2) is 15.1 Å². The first kappa shape index (κ1) is 9.95. The molecule has 0 bridgehead atoms. The Kier molecular flexibility index (Phi) is 3.67. The van der Waals surface area contributed by atoms with Crippen molar-refractivity contribution in [2.24, 2.45) is 7.05 Å². The number of aryl methyl sites for hydroxylation is 2. The average molecular weight is 184 g/mol. The second-order valence-corrected chi connectivity index (χ2v) is 3.15. The standard InChI is InChI=1S/C8H16N4O/c1-3-4-5-6-7-12-8(13)9-11(2)10-12/h3-7H2,1-2H3. The first-order chi connectivity index (χ1) is 6.24. The molecule has 74 valence electrons. The minimum atomic E-state index is -0.251. The van der Waals surface area contributed by atoms with E-state index in [-0.39, 0.29) is 6.01 Å². The predicted molar refractivity (Wildman–Crippen MR) is 44.8 cm³/mol. The molecule has 0 saturated heterocycles. The number of unbranched alkanes of at least 4 members (excludes halogenated alkanes) is 3. The van der Waals surface area contributed by atoms with Crippen molar-refractivity contribution in [1.82, 2.24) is 15.1 Å². The second-order valence-electron chi connectivity index (χ2n) is 3.15. The van der Waals surface area contributed by atoms with Gasteiger partial charge in [-0.25, -0.2) is 0 Å². The van der Waals surface area contributed by atoms with Crippen LogP contribution in [0.15, 0.2) is 0 Å². The Morgan fingerprint density at radius 2 is 2.15 bits per heavy atom. The lowest BCUT2D eigenvalue weighted by Crippen LogP contribution is -2.39. The highest BCUT2D eigenvalue weighted by atomic mass is 16.3. The van der Waals surface area contributed by atoms with E-state index in [1.54, 1.807) is 7.05 Å². The third kappa shape index (κ3) is 3.01. The van der Waals surface area contributed by atoms with Gasteiger partial charge in [-0.2, -0.15) is 0 Å². The molecule has 0 unspecified atom stereocenters. The molecule has 0 saturated carbocycles.